The Labute approximate surface area is 180 Å². The predicted octanol–water partition coefficient (Wildman–Crippen LogP) is 4.17. The molecule has 3 aromatic rings. The molecule has 0 bridgehead atoms. The molecule has 2 heterocycles. The molecule has 0 atom stereocenters. The van der Waals surface area contributed by atoms with E-state index in [0.717, 1.165) is 36.0 Å². The molecule has 0 saturated carbocycles. The third kappa shape index (κ3) is 3.77. The van der Waals surface area contributed by atoms with Gasteiger partial charge in [0.05, 0.1) is 17.5 Å². The van der Waals surface area contributed by atoms with E-state index in [1.54, 1.807) is 0 Å². The minimum absolute atomic E-state index is 0.0292. The van der Waals surface area contributed by atoms with Gasteiger partial charge in [-0.3, -0.25) is 15.4 Å². The molecular formula is C24H25FN6. The highest BCUT2D eigenvalue weighted by Crippen LogP contribution is 2.37. The van der Waals surface area contributed by atoms with Gasteiger partial charge in [0, 0.05) is 28.6 Å². The van der Waals surface area contributed by atoms with Crippen molar-refractivity contribution in [2.24, 2.45) is 5.41 Å². The summed E-state index contributed by atoms with van der Waals surface area (Å²) < 4.78 is 15.7. The Morgan fingerprint density at radius 3 is 2.74 bits per heavy atom. The molecule has 4 rings (SSSR count). The van der Waals surface area contributed by atoms with Crippen molar-refractivity contribution in [2.45, 2.75) is 33.6 Å². The standard InChI is InChI=1S/C24H25FN6/c1-24(2,3)10-9-15-6-4-8-20-16(15)7-5-11-30(20)22-17-12-18(25)19(27)13-21(17)31(14-26)23(28)29-22/h4,6,8,12-14,26,28H,5,7,11,27H2,1-3H3. The predicted molar refractivity (Wildman–Crippen MR) is 122 cm³/mol. The van der Waals surface area contributed by atoms with E-state index in [1.165, 1.54) is 16.7 Å². The first kappa shape index (κ1) is 20.6. The molecule has 1 aliphatic heterocycles. The van der Waals surface area contributed by atoms with Crippen LogP contribution in [0, 0.1) is 33.9 Å². The molecule has 0 fully saturated rings. The molecule has 0 saturated heterocycles. The van der Waals surface area contributed by atoms with Crippen LogP contribution >= 0.6 is 0 Å². The maximum atomic E-state index is 14.4. The normalized spacial score (nSPS) is 13.5. The Bertz CT molecular complexity index is 1320. The number of fused-ring (bicyclic) bond motifs is 2. The first-order valence-electron chi connectivity index (χ1n) is 10.2. The largest absolute Gasteiger partial charge is 0.396 e. The van der Waals surface area contributed by atoms with Crippen LogP contribution in [0.15, 0.2) is 30.3 Å². The summed E-state index contributed by atoms with van der Waals surface area (Å²) in [5.74, 6) is 6.56. The Balaban J connectivity index is 1.96. The van der Waals surface area contributed by atoms with Crippen LogP contribution in [0.1, 0.15) is 38.3 Å². The molecule has 158 valence electrons. The lowest BCUT2D eigenvalue weighted by Crippen LogP contribution is -2.31. The highest BCUT2D eigenvalue weighted by Gasteiger charge is 2.24. The van der Waals surface area contributed by atoms with Crippen LogP contribution < -0.4 is 16.3 Å². The van der Waals surface area contributed by atoms with Gasteiger partial charge >= 0.3 is 0 Å². The summed E-state index contributed by atoms with van der Waals surface area (Å²) in [7, 11) is 0. The number of nitrogens with zero attached hydrogens (tertiary/aromatic N) is 3. The average molecular weight is 417 g/mol. The molecule has 6 nitrogen and oxygen atoms in total. The van der Waals surface area contributed by atoms with Crippen LogP contribution in [0.4, 0.5) is 21.6 Å². The summed E-state index contributed by atoms with van der Waals surface area (Å²) in [6.45, 7) is 6.92. The number of anilines is 3. The fourth-order valence-corrected chi connectivity index (χ4v) is 3.84. The van der Waals surface area contributed by atoms with Gasteiger partial charge in [0.2, 0.25) is 5.62 Å². The topological polar surface area (TPSA) is 94.8 Å². The van der Waals surface area contributed by atoms with Crippen molar-refractivity contribution in [1.29, 1.82) is 10.8 Å². The number of nitrogens with two attached hydrogens (primary N) is 1. The number of aromatic nitrogens is 2. The van der Waals surface area contributed by atoms with Crippen molar-refractivity contribution in [2.75, 3.05) is 17.2 Å². The Morgan fingerprint density at radius 2 is 2.03 bits per heavy atom. The van der Waals surface area contributed by atoms with Gasteiger partial charge in [-0.15, -0.1) is 0 Å². The number of benzene rings is 2. The highest BCUT2D eigenvalue weighted by atomic mass is 19.1. The maximum Gasteiger partial charge on any atom is 0.229 e. The van der Waals surface area contributed by atoms with Crippen molar-refractivity contribution < 1.29 is 4.39 Å². The summed E-state index contributed by atoms with van der Waals surface area (Å²) in [6, 6.07) is 8.79. The van der Waals surface area contributed by atoms with Gasteiger partial charge in [-0.2, -0.15) is 4.98 Å². The quantitative estimate of drug-likeness (QED) is 0.253. The summed E-state index contributed by atoms with van der Waals surface area (Å²) in [5.41, 5.74) is 9.08. The first-order chi connectivity index (χ1) is 14.7. The second kappa shape index (κ2) is 7.55. The number of rotatable bonds is 2. The van der Waals surface area contributed by atoms with Crippen molar-refractivity contribution in [3.05, 3.63) is 52.9 Å². The highest BCUT2D eigenvalue weighted by molar-refractivity contribution is 5.96. The Morgan fingerprint density at radius 1 is 1.26 bits per heavy atom. The smallest absolute Gasteiger partial charge is 0.229 e. The molecule has 0 amide bonds. The van der Waals surface area contributed by atoms with Crippen molar-refractivity contribution in [3.63, 3.8) is 0 Å². The first-order valence-corrected chi connectivity index (χ1v) is 10.2. The van der Waals surface area contributed by atoms with Crippen LogP contribution in [0.3, 0.4) is 0 Å². The molecule has 0 unspecified atom stereocenters. The zero-order valence-corrected chi connectivity index (χ0v) is 17.9. The summed E-state index contributed by atoms with van der Waals surface area (Å²) >= 11 is 0. The molecule has 1 aromatic heterocycles. The third-order valence-corrected chi connectivity index (χ3v) is 5.26. The number of halogens is 1. The summed E-state index contributed by atoms with van der Waals surface area (Å²) in [4.78, 5) is 6.46. The molecule has 2 aromatic carbocycles. The zero-order valence-electron chi connectivity index (χ0n) is 17.9. The molecular weight excluding hydrogens is 391 g/mol. The zero-order chi connectivity index (χ0) is 22.3. The van der Waals surface area contributed by atoms with Gasteiger partial charge in [-0.1, -0.05) is 17.9 Å². The summed E-state index contributed by atoms with van der Waals surface area (Å²) in [5, 5.41) is 16.5. The van der Waals surface area contributed by atoms with E-state index >= 15 is 0 Å². The molecule has 4 N–H and O–H groups in total. The average Bonchev–Trinajstić information content (AvgIpc) is 2.72. The van der Waals surface area contributed by atoms with Gasteiger partial charge in [-0.25, -0.2) is 4.39 Å². The Hall–Kier alpha value is -3.66. The van der Waals surface area contributed by atoms with Crippen LogP contribution in [0.5, 0.6) is 0 Å². The molecule has 0 spiro atoms. The maximum absolute atomic E-state index is 14.4. The number of hydrogen-bond donors (Lipinski definition) is 3. The van der Waals surface area contributed by atoms with Gasteiger partial charge < -0.3 is 10.6 Å². The number of nitrogens with one attached hydrogen (secondary N) is 2. The van der Waals surface area contributed by atoms with E-state index in [9.17, 15) is 4.39 Å². The van der Waals surface area contributed by atoms with E-state index < -0.39 is 5.82 Å². The minimum atomic E-state index is -0.549. The van der Waals surface area contributed by atoms with Crippen molar-refractivity contribution in [3.8, 4) is 11.8 Å². The van der Waals surface area contributed by atoms with E-state index in [-0.39, 0.29) is 16.7 Å². The van der Waals surface area contributed by atoms with Gasteiger partial charge in [-0.05, 0) is 63.4 Å². The molecule has 7 heteroatoms. The lowest BCUT2D eigenvalue weighted by Gasteiger charge is -2.32. The lowest BCUT2D eigenvalue weighted by molar-refractivity contribution is 0.571. The molecule has 31 heavy (non-hydrogen) atoms. The molecule has 0 radical (unpaired) electrons. The van der Waals surface area contributed by atoms with E-state index in [4.69, 9.17) is 16.6 Å². The van der Waals surface area contributed by atoms with E-state index in [2.05, 4.69) is 37.6 Å². The van der Waals surface area contributed by atoms with E-state index in [1.807, 2.05) is 23.1 Å². The number of nitrogen functional groups attached to an aromatic ring is 1. The van der Waals surface area contributed by atoms with E-state index in [0.29, 0.717) is 23.3 Å². The minimum Gasteiger partial charge on any atom is -0.396 e. The van der Waals surface area contributed by atoms with Crippen LogP contribution in [0.2, 0.25) is 0 Å². The van der Waals surface area contributed by atoms with Gasteiger partial charge in [0.1, 0.15) is 11.6 Å². The second-order valence-corrected chi connectivity index (χ2v) is 8.71. The third-order valence-electron chi connectivity index (χ3n) is 5.26. The molecule has 1 aliphatic rings. The molecule has 0 aliphatic carbocycles. The van der Waals surface area contributed by atoms with Gasteiger partial charge in [0.25, 0.3) is 0 Å². The van der Waals surface area contributed by atoms with Crippen molar-refractivity contribution in [1.82, 2.24) is 9.55 Å². The van der Waals surface area contributed by atoms with Crippen LogP contribution in [-0.4, -0.2) is 22.4 Å². The SMILES string of the molecule is CC(C)(C)C#Cc1cccc2c1CCCN2c1nc(=N)n(C=N)c2cc(N)c(F)cc12. The van der Waals surface area contributed by atoms with Crippen LogP contribution in [0.25, 0.3) is 10.9 Å². The fourth-order valence-electron chi connectivity index (χ4n) is 3.84. The lowest BCUT2D eigenvalue weighted by atomic mass is 9.93. The second-order valence-electron chi connectivity index (χ2n) is 8.71. The Kier molecular flexibility index (Phi) is 5.02. The fraction of sp³-hybridized carbons (Fsp3) is 0.292. The van der Waals surface area contributed by atoms with Crippen molar-refractivity contribution >= 4 is 34.4 Å². The number of hydrogen-bond acceptors (Lipinski definition) is 5. The van der Waals surface area contributed by atoms with Crippen LogP contribution in [-0.2, 0) is 6.42 Å². The summed E-state index contributed by atoms with van der Waals surface area (Å²) in [6.07, 6.45) is 2.76. The monoisotopic (exact) mass is 416 g/mol. The van der Waals surface area contributed by atoms with Gasteiger partial charge in [0.15, 0.2) is 0 Å².